The molecule has 0 atom stereocenters. The quantitative estimate of drug-likeness (QED) is 0.750. The van der Waals surface area contributed by atoms with E-state index in [2.05, 4.69) is 6.07 Å². The Labute approximate surface area is 121 Å². The molecule has 0 N–H and O–H groups in total. The standard InChI is InChI=1S/C12H14Cl2N2OS/c1-8(2)16(5-3-4-15)7-10(17)9-6-11(13)18-12(9)14/h6,8H,3,5,7H2,1-2H3. The van der Waals surface area contributed by atoms with E-state index >= 15 is 0 Å². The first-order valence-electron chi connectivity index (χ1n) is 5.54. The first-order chi connectivity index (χ1) is 8.45. The molecule has 0 aliphatic rings. The Bertz CT molecular complexity index is 465. The van der Waals surface area contributed by atoms with Crippen molar-refractivity contribution in [2.24, 2.45) is 0 Å². The Morgan fingerprint density at radius 2 is 2.22 bits per heavy atom. The summed E-state index contributed by atoms with van der Waals surface area (Å²) in [5.74, 6) is -0.0604. The van der Waals surface area contributed by atoms with Crippen LogP contribution in [0.4, 0.5) is 0 Å². The third kappa shape index (κ3) is 4.25. The Morgan fingerprint density at radius 1 is 1.56 bits per heavy atom. The van der Waals surface area contributed by atoms with Crippen molar-refractivity contribution in [2.75, 3.05) is 13.1 Å². The molecule has 3 nitrogen and oxygen atoms in total. The van der Waals surface area contributed by atoms with Gasteiger partial charge in [0.05, 0.1) is 22.5 Å². The highest BCUT2D eigenvalue weighted by Gasteiger charge is 2.19. The minimum atomic E-state index is -0.0604. The summed E-state index contributed by atoms with van der Waals surface area (Å²) in [5.41, 5.74) is 0.467. The highest BCUT2D eigenvalue weighted by atomic mass is 35.5. The molecule has 0 spiro atoms. The van der Waals surface area contributed by atoms with Crippen molar-refractivity contribution >= 4 is 40.3 Å². The van der Waals surface area contributed by atoms with Gasteiger partial charge in [-0.25, -0.2) is 0 Å². The monoisotopic (exact) mass is 304 g/mol. The van der Waals surface area contributed by atoms with Crippen molar-refractivity contribution in [2.45, 2.75) is 26.3 Å². The number of thiophene rings is 1. The minimum absolute atomic E-state index is 0.0604. The molecule has 0 radical (unpaired) electrons. The summed E-state index contributed by atoms with van der Waals surface area (Å²) in [6.07, 6.45) is 0.406. The number of ketones is 1. The normalized spacial score (nSPS) is 10.9. The van der Waals surface area contributed by atoms with Gasteiger partial charge in [-0.1, -0.05) is 23.2 Å². The molecule has 0 fully saturated rings. The van der Waals surface area contributed by atoms with E-state index in [1.54, 1.807) is 6.07 Å². The number of hydrogen-bond donors (Lipinski definition) is 0. The summed E-state index contributed by atoms with van der Waals surface area (Å²) in [5, 5.41) is 8.60. The van der Waals surface area contributed by atoms with Crippen LogP contribution in [0.25, 0.3) is 0 Å². The largest absolute Gasteiger partial charge is 0.293 e. The first kappa shape index (κ1) is 15.5. The van der Waals surface area contributed by atoms with E-state index in [0.717, 1.165) is 0 Å². The van der Waals surface area contributed by atoms with Crippen LogP contribution in [-0.2, 0) is 0 Å². The molecule has 0 amide bonds. The van der Waals surface area contributed by atoms with Gasteiger partial charge >= 0.3 is 0 Å². The van der Waals surface area contributed by atoms with Gasteiger partial charge in [0.1, 0.15) is 4.34 Å². The SMILES string of the molecule is CC(C)N(CCC#N)CC(=O)c1cc(Cl)sc1Cl. The highest BCUT2D eigenvalue weighted by Crippen LogP contribution is 2.31. The average molecular weight is 305 g/mol. The molecule has 0 unspecified atom stereocenters. The summed E-state index contributed by atoms with van der Waals surface area (Å²) < 4.78 is 0.936. The van der Waals surface area contributed by atoms with Gasteiger partial charge in [0.25, 0.3) is 0 Å². The number of nitriles is 1. The summed E-state index contributed by atoms with van der Waals surface area (Å²) in [6.45, 7) is 4.82. The maximum Gasteiger partial charge on any atom is 0.179 e. The number of Topliss-reactive ketones (excluding diaryl/α,β-unsaturated/α-hetero) is 1. The Morgan fingerprint density at radius 3 is 2.67 bits per heavy atom. The smallest absolute Gasteiger partial charge is 0.179 e. The highest BCUT2D eigenvalue weighted by molar-refractivity contribution is 7.20. The van der Waals surface area contributed by atoms with Crippen LogP contribution >= 0.6 is 34.5 Å². The molecule has 6 heteroatoms. The van der Waals surface area contributed by atoms with Crippen LogP contribution in [0.5, 0.6) is 0 Å². The summed E-state index contributed by atoms with van der Waals surface area (Å²) >= 11 is 13.0. The molecule has 1 heterocycles. The van der Waals surface area contributed by atoms with Crippen LogP contribution in [0.15, 0.2) is 6.07 Å². The predicted octanol–water partition coefficient (Wildman–Crippen LogP) is 3.86. The molecule has 0 aromatic carbocycles. The third-order valence-corrected chi connectivity index (χ3v) is 4.03. The van der Waals surface area contributed by atoms with Gasteiger partial charge in [0.2, 0.25) is 0 Å². The zero-order valence-electron chi connectivity index (χ0n) is 10.2. The molecule has 98 valence electrons. The molecule has 0 aliphatic heterocycles. The fourth-order valence-electron chi connectivity index (χ4n) is 1.51. The second-order valence-electron chi connectivity index (χ2n) is 4.13. The lowest BCUT2D eigenvalue weighted by molar-refractivity contribution is 0.0908. The number of halogens is 2. The second kappa shape index (κ2) is 7.10. The number of nitrogens with zero attached hydrogens (tertiary/aromatic N) is 2. The van der Waals surface area contributed by atoms with Crippen molar-refractivity contribution in [3.8, 4) is 6.07 Å². The molecule has 0 bridgehead atoms. The fourth-order valence-corrected chi connectivity index (χ4v) is 3.01. The van der Waals surface area contributed by atoms with Crippen molar-refractivity contribution in [1.82, 2.24) is 4.90 Å². The number of rotatable bonds is 6. The minimum Gasteiger partial charge on any atom is -0.293 e. The van der Waals surface area contributed by atoms with E-state index in [9.17, 15) is 4.79 Å². The maximum atomic E-state index is 12.1. The summed E-state index contributed by atoms with van der Waals surface area (Å²) in [7, 11) is 0. The molecule has 18 heavy (non-hydrogen) atoms. The van der Waals surface area contributed by atoms with Gasteiger partial charge in [-0.15, -0.1) is 11.3 Å². The van der Waals surface area contributed by atoms with Gasteiger partial charge < -0.3 is 0 Å². The molecular weight excluding hydrogens is 291 g/mol. The van der Waals surface area contributed by atoms with Crippen LogP contribution in [0.2, 0.25) is 8.67 Å². The molecule has 0 saturated carbocycles. The van der Waals surface area contributed by atoms with Crippen molar-refractivity contribution < 1.29 is 4.79 Å². The van der Waals surface area contributed by atoms with E-state index in [4.69, 9.17) is 28.5 Å². The molecule has 1 aromatic heterocycles. The molecule has 1 rings (SSSR count). The lowest BCUT2D eigenvalue weighted by Gasteiger charge is -2.24. The predicted molar refractivity (Wildman–Crippen MR) is 75.6 cm³/mol. The average Bonchev–Trinajstić information content (AvgIpc) is 2.63. The summed E-state index contributed by atoms with van der Waals surface area (Å²) in [6, 6.07) is 3.88. The zero-order valence-corrected chi connectivity index (χ0v) is 12.6. The number of carbonyl (C=O) groups is 1. The van der Waals surface area contributed by atoms with E-state index in [1.165, 1.54) is 11.3 Å². The van der Waals surface area contributed by atoms with E-state index in [-0.39, 0.29) is 18.4 Å². The fraction of sp³-hybridized carbons (Fsp3) is 0.500. The van der Waals surface area contributed by atoms with Crippen molar-refractivity contribution in [3.63, 3.8) is 0 Å². The van der Waals surface area contributed by atoms with Crippen LogP contribution in [0.3, 0.4) is 0 Å². The summed E-state index contributed by atoms with van der Waals surface area (Å²) in [4.78, 5) is 14.0. The maximum absolute atomic E-state index is 12.1. The van der Waals surface area contributed by atoms with Crippen LogP contribution in [0, 0.1) is 11.3 Å². The van der Waals surface area contributed by atoms with Crippen LogP contribution in [0.1, 0.15) is 30.6 Å². The van der Waals surface area contributed by atoms with E-state index < -0.39 is 0 Å². The van der Waals surface area contributed by atoms with Gasteiger partial charge in [0, 0.05) is 19.0 Å². The van der Waals surface area contributed by atoms with Crippen LogP contribution in [-0.4, -0.2) is 29.8 Å². The van der Waals surface area contributed by atoms with Crippen molar-refractivity contribution in [3.05, 3.63) is 20.3 Å². The number of carbonyl (C=O) groups excluding carboxylic acids is 1. The van der Waals surface area contributed by atoms with Crippen molar-refractivity contribution in [1.29, 1.82) is 5.26 Å². The van der Waals surface area contributed by atoms with Gasteiger partial charge in [-0.2, -0.15) is 5.26 Å². The zero-order chi connectivity index (χ0) is 13.7. The topological polar surface area (TPSA) is 44.1 Å². The van der Waals surface area contributed by atoms with E-state index in [0.29, 0.717) is 27.2 Å². The molecule has 1 aromatic rings. The van der Waals surface area contributed by atoms with Gasteiger partial charge in [-0.3, -0.25) is 9.69 Å². The van der Waals surface area contributed by atoms with Crippen LogP contribution < -0.4 is 0 Å². The lowest BCUT2D eigenvalue weighted by atomic mass is 10.2. The van der Waals surface area contributed by atoms with E-state index in [1.807, 2.05) is 18.7 Å². The molecular formula is C12H14Cl2N2OS. The lowest BCUT2D eigenvalue weighted by Crippen LogP contribution is -2.36. The second-order valence-corrected chi connectivity index (χ2v) is 6.42. The number of hydrogen-bond acceptors (Lipinski definition) is 4. The van der Waals surface area contributed by atoms with Gasteiger partial charge in [-0.05, 0) is 19.9 Å². The van der Waals surface area contributed by atoms with Gasteiger partial charge in [0.15, 0.2) is 5.78 Å². The Balaban J connectivity index is 2.72. The molecule has 0 saturated heterocycles. The Hall–Kier alpha value is -0.600. The third-order valence-electron chi connectivity index (χ3n) is 2.54. The first-order valence-corrected chi connectivity index (χ1v) is 7.12. The molecule has 0 aliphatic carbocycles. The Kier molecular flexibility index (Phi) is 6.10.